The van der Waals surface area contributed by atoms with Crippen LogP contribution in [0.2, 0.25) is 0 Å². The van der Waals surface area contributed by atoms with Gasteiger partial charge >= 0.3 is 0 Å². The topological polar surface area (TPSA) is 12.0 Å². The molecular weight excluding hydrogens is 141 g/mol. The minimum absolute atomic E-state index is 0.532. The molecule has 1 unspecified atom stereocenters. The van der Waals surface area contributed by atoms with Crippen molar-refractivity contribution >= 4 is 0 Å². The first-order chi connectivity index (χ1) is 5.29. The lowest BCUT2D eigenvalue weighted by atomic mass is 9.95. The van der Waals surface area contributed by atoms with Gasteiger partial charge in [0.15, 0.2) is 0 Å². The van der Waals surface area contributed by atoms with Gasteiger partial charge in [0.05, 0.1) is 0 Å². The molecule has 66 valence electrons. The Kier molecular flexibility index (Phi) is 3.84. The van der Waals surface area contributed by atoms with Crippen LogP contribution in [0, 0.1) is 0 Å². The van der Waals surface area contributed by atoms with Gasteiger partial charge in [-0.1, -0.05) is 19.3 Å². The first-order valence-corrected chi connectivity index (χ1v) is 4.66. The third-order valence-electron chi connectivity index (χ3n) is 2.29. The number of hydrogen-bond acceptors (Lipinski definition) is 1. The van der Waals surface area contributed by atoms with Crippen LogP contribution in [-0.4, -0.2) is 18.8 Å². The van der Waals surface area contributed by atoms with Gasteiger partial charge in [0.2, 0.25) is 0 Å². The van der Waals surface area contributed by atoms with Crippen LogP contribution < -0.4 is 5.32 Å². The second kappa shape index (κ2) is 4.70. The minimum Gasteiger partial charge on any atom is -0.311 e. The van der Waals surface area contributed by atoms with E-state index in [1.54, 1.807) is 6.92 Å². The smallest absolute Gasteiger partial charge is 0.110 e. The quantitative estimate of drug-likeness (QED) is 0.666. The maximum atomic E-state index is 12.4. The zero-order valence-electron chi connectivity index (χ0n) is 7.28. The van der Waals surface area contributed by atoms with Gasteiger partial charge < -0.3 is 5.32 Å². The van der Waals surface area contributed by atoms with E-state index in [2.05, 4.69) is 5.32 Å². The van der Waals surface area contributed by atoms with Crippen LogP contribution in [-0.2, 0) is 0 Å². The summed E-state index contributed by atoms with van der Waals surface area (Å²) in [6, 6.07) is 0.599. The molecule has 1 rings (SSSR count). The standard InChI is InChI=1S/C9H18FN/c1-8(10)7-11-9-5-3-2-4-6-9/h8-9,11H,2-7H2,1H3. The van der Waals surface area contributed by atoms with Crippen LogP contribution in [0.25, 0.3) is 0 Å². The van der Waals surface area contributed by atoms with Crippen molar-refractivity contribution in [1.82, 2.24) is 5.32 Å². The minimum atomic E-state index is -0.697. The molecule has 0 aromatic rings. The molecule has 1 nitrogen and oxygen atoms in total. The van der Waals surface area contributed by atoms with E-state index in [0.717, 1.165) is 0 Å². The average Bonchev–Trinajstić information content (AvgIpc) is 2.03. The summed E-state index contributed by atoms with van der Waals surface area (Å²) < 4.78 is 12.4. The number of halogens is 1. The largest absolute Gasteiger partial charge is 0.311 e. The average molecular weight is 159 g/mol. The van der Waals surface area contributed by atoms with E-state index in [9.17, 15) is 4.39 Å². The Labute approximate surface area is 68.4 Å². The lowest BCUT2D eigenvalue weighted by Gasteiger charge is -2.22. The molecule has 1 fully saturated rings. The van der Waals surface area contributed by atoms with Gasteiger partial charge in [-0.2, -0.15) is 0 Å². The van der Waals surface area contributed by atoms with Gasteiger partial charge in [-0.25, -0.2) is 4.39 Å². The Morgan fingerprint density at radius 3 is 2.55 bits per heavy atom. The molecule has 1 N–H and O–H groups in total. The monoisotopic (exact) mass is 159 g/mol. The fraction of sp³-hybridized carbons (Fsp3) is 1.00. The SMILES string of the molecule is CC(F)CNC1CCCCC1. The van der Waals surface area contributed by atoms with Crippen molar-refractivity contribution in [3.8, 4) is 0 Å². The molecule has 0 heterocycles. The van der Waals surface area contributed by atoms with Crippen molar-refractivity contribution in [3.63, 3.8) is 0 Å². The highest BCUT2D eigenvalue weighted by atomic mass is 19.1. The van der Waals surface area contributed by atoms with Gasteiger partial charge in [0.25, 0.3) is 0 Å². The zero-order valence-corrected chi connectivity index (χ0v) is 7.28. The van der Waals surface area contributed by atoms with Crippen molar-refractivity contribution in [2.24, 2.45) is 0 Å². The van der Waals surface area contributed by atoms with E-state index in [1.807, 2.05) is 0 Å². The lowest BCUT2D eigenvalue weighted by molar-refractivity contribution is 0.301. The normalized spacial score (nSPS) is 23.5. The molecular formula is C9H18FN. The van der Waals surface area contributed by atoms with E-state index < -0.39 is 6.17 Å². The summed E-state index contributed by atoms with van der Waals surface area (Å²) in [6.07, 6.45) is 5.79. The molecule has 0 saturated heterocycles. The second-order valence-corrected chi connectivity index (χ2v) is 3.52. The highest BCUT2D eigenvalue weighted by Gasteiger charge is 2.12. The Bertz CT molecular complexity index is 97.7. The van der Waals surface area contributed by atoms with E-state index in [4.69, 9.17) is 0 Å². The van der Waals surface area contributed by atoms with Crippen LogP contribution in [0.5, 0.6) is 0 Å². The fourth-order valence-electron chi connectivity index (χ4n) is 1.64. The molecule has 0 aromatic heterocycles. The van der Waals surface area contributed by atoms with Crippen molar-refractivity contribution < 1.29 is 4.39 Å². The van der Waals surface area contributed by atoms with E-state index in [-0.39, 0.29) is 0 Å². The lowest BCUT2D eigenvalue weighted by Crippen LogP contribution is -2.34. The molecule has 0 spiro atoms. The predicted molar refractivity (Wildman–Crippen MR) is 45.4 cm³/mol. The van der Waals surface area contributed by atoms with Crippen LogP contribution in [0.15, 0.2) is 0 Å². The van der Waals surface area contributed by atoms with Gasteiger partial charge in [-0.3, -0.25) is 0 Å². The first-order valence-electron chi connectivity index (χ1n) is 4.66. The number of nitrogens with one attached hydrogen (secondary N) is 1. The maximum Gasteiger partial charge on any atom is 0.110 e. The van der Waals surface area contributed by atoms with E-state index in [0.29, 0.717) is 12.6 Å². The zero-order chi connectivity index (χ0) is 8.10. The highest BCUT2D eigenvalue weighted by Crippen LogP contribution is 2.17. The summed E-state index contributed by atoms with van der Waals surface area (Å²) in [5.41, 5.74) is 0. The molecule has 1 aliphatic rings. The molecule has 1 atom stereocenters. The molecule has 1 aliphatic carbocycles. The third kappa shape index (κ3) is 3.71. The first kappa shape index (κ1) is 8.98. The molecule has 11 heavy (non-hydrogen) atoms. The van der Waals surface area contributed by atoms with Gasteiger partial charge in [-0.15, -0.1) is 0 Å². The Morgan fingerprint density at radius 2 is 2.00 bits per heavy atom. The van der Waals surface area contributed by atoms with Crippen LogP contribution in [0.1, 0.15) is 39.0 Å². The van der Waals surface area contributed by atoms with Gasteiger partial charge in [-0.05, 0) is 19.8 Å². The molecule has 0 amide bonds. The number of hydrogen-bond donors (Lipinski definition) is 1. The molecule has 0 radical (unpaired) electrons. The van der Waals surface area contributed by atoms with Crippen molar-refractivity contribution in [3.05, 3.63) is 0 Å². The maximum absolute atomic E-state index is 12.4. The number of alkyl halides is 1. The van der Waals surface area contributed by atoms with Crippen LogP contribution in [0.4, 0.5) is 4.39 Å². The molecule has 1 saturated carbocycles. The summed E-state index contributed by atoms with van der Waals surface area (Å²) in [4.78, 5) is 0. The Hall–Kier alpha value is -0.110. The second-order valence-electron chi connectivity index (χ2n) is 3.52. The number of rotatable bonds is 3. The van der Waals surface area contributed by atoms with Crippen LogP contribution in [0.3, 0.4) is 0 Å². The van der Waals surface area contributed by atoms with Crippen molar-refractivity contribution in [2.45, 2.75) is 51.2 Å². The van der Waals surface area contributed by atoms with Gasteiger partial charge in [0.1, 0.15) is 6.17 Å². The summed E-state index contributed by atoms with van der Waals surface area (Å²) in [5, 5.41) is 3.25. The fourth-order valence-corrected chi connectivity index (χ4v) is 1.64. The van der Waals surface area contributed by atoms with Crippen molar-refractivity contribution in [2.75, 3.05) is 6.54 Å². The molecule has 2 heteroatoms. The predicted octanol–water partition coefficient (Wildman–Crippen LogP) is 2.27. The molecule has 0 aromatic carbocycles. The summed E-state index contributed by atoms with van der Waals surface area (Å²) in [7, 11) is 0. The molecule has 0 aliphatic heterocycles. The summed E-state index contributed by atoms with van der Waals surface area (Å²) in [5.74, 6) is 0. The van der Waals surface area contributed by atoms with Gasteiger partial charge in [0, 0.05) is 12.6 Å². The summed E-state index contributed by atoms with van der Waals surface area (Å²) in [6.45, 7) is 2.14. The summed E-state index contributed by atoms with van der Waals surface area (Å²) >= 11 is 0. The van der Waals surface area contributed by atoms with E-state index in [1.165, 1.54) is 32.1 Å². The van der Waals surface area contributed by atoms with E-state index >= 15 is 0 Å². The van der Waals surface area contributed by atoms with Crippen molar-refractivity contribution in [1.29, 1.82) is 0 Å². The highest BCUT2D eigenvalue weighted by molar-refractivity contribution is 4.72. The third-order valence-corrected chi connectivity index (χ3v) is 2.29. The Balaban J connectivity index is 2.05. The Morgan fingerprint density at radius 1 is 1.36 bits per heavy atom. The van der Waals surface area contributed by atoms with Crippen LogP contribution >= 0.6 is 0 Å². The molecule has 0 bridgehead atoms.